The van der Waals surface area contributed by atoms with Crippen LogP contribution in [0.15, 0.2) is 18.3 Å². The molecule has 1 atom stereocenters. The van der Waals surface area contributed by atoms with E-state index in [1.165, 1.54) is 6.07 Å². The number of carbonyl (C=O) groups excluding carboxylic acids is 1. The molecule has 1 aromatic heterocycles. The molecule has 1 aliphatic heterocycles. The van der Waals surface area contributed by atoms with Crippen molar-refractivity contribution in [1.29, 1.82) is 0 Å². The summed E-state index contributed by atoms with van der Waals surface area (Å²) in [5.41, 5.74) is -0.520. The fourth-order valence-corrected chi connectivity index (χ4v) is 2.51. The second-order valence-corrected chi connectivity index (χ2v) is 6.59. The Hall–Kier alpha value is -2.38. The Morgan fingerprint density at radius 3 is 2.96 bits per heavy atom. The minimum Gasteiger partial charge on any atom is -0.444 e. The van der Waals surface area contributed by atoms with E-state index in [1.54, 1.807) is 12.3 Å². The number of amides is 1. The highest BCUT2D eigenvalue weighted by molar-refractivity contribution is 5.67. The molecule has 0 saturated carbocycles. The van der Waals surface area contributed by atoms with Gasteiger partial charge in [0.1, 0.15) is 5.60 Å². The number of hydrogen-bond donors (Lipinski definition) is 1. The fraction of sp³-hybridized carbons (Fsp3) is 0.600. The summed E-state index contributed by atoms with van der Waals surface area (Å²) in [5.74, 6) is 0.599. The molecule has 0 aliphatic carbocycles. The number of carbonyl (C=O) groups is 1. The molecule has 1 fully saturated rings. The number of nitrogens with zero attached hydrogens (tertiary/aromatic N) is 3. The maximum Gasteiger partial charge on any atom is 0.407 e. The van der Waals surface area contributed by atoms with Crippen molar-refractivity contribution in [2.24, 2.45) is 5.92 Å². The van der Waals surface area contributed by atoms with Crippen LogP contribution in [0.4, 0.5) is 16.3 Å². The van der Waals surface area contributed by atoms with E-state index < -0.39 is 16.6 Å². The molecule has 2 heterocycles. The summed E-state index contributed by atoms with van der Waals surface area (Å²) in [6.07, 6.45) is 1.94. The van der Waals surface area contributed by atoms with Gasteiger partial charge in [0.25, 0.3) is 0 Å². The number of nitrogens with one attached hydrogen (secondary N) is 1. The molecular formula is C15H22N4O4. The number of alkyl carbamates (subject to hydrolysis) is 1. The Kier molecular flexibility index (Phi) is 5.02. The predicted molar refractivity (Wildman–Crippen MR) is 85.4 cm³/mol. The summed E-state index contributed by atoms with van der Waals surface area (Å²) < 4.78 is 5.19. The second-order valence-electron chi connectivity index (χ2n) is 6.59. The van der Waals surface area contributed by atoms with Gasteiger partial charge in [-0.1, -0.05) is 0 Å². The molecule has 1 N–H and O–H groups in total. The number of rotatable bonds is 4. The molecule has 2 rings (SSSR count). The Morgan fingerprint density at radius 1 is 1.57 bits per heavy atom. The number of aromatic nitrogens is 1. The molecule has 126 valence electrons. The zero-order valence-corrected chi connectivity index (χ0v) is 13.6. The van der Waals surface area contributed by atoms with E-state index in [2.05, 4.69) is 10.3 Å². The third-order valence-corrected chi connectivity index (χ3v) is 3.48. The Balaban J connectivity index is 1.90. The smallest absolute Gasteiger partial charge is 0.407 e. The number of anilines is 1. The van der Waals surface area contributed by atoms with Gasteiger partial charge in [0, 0.05) is 31.9 Å². The maximum absolute atomic E-state index is 11.7. The molecule has 23 heavy (non-hydrogen) atoms. The van der Waals surface area contributed by atoms with Gasteiger partial charge in [0.05, 0.1) is 4.92 Å². The highest BCUT2D eigenvalue weighted by Crippen LogP contribution is 2.29. The summed E-state index contributed by atoms with van der Waals surface area (Å²) in [6, 6.07) is 3.01. The van der Waals surface area contributed by atoms with Gasteiger partial charge in [-0.15, -0.1) is 0 Å². The van der Waals surface area contributed by atoms with Gasteiger partial charge >= 0.3 is 11.8 Å². The SMILES string of the molecule is CC(C)(C)OC(=O)NC[C@@H]1CCN(c2ncccc2[N+](=O)[O-])C1. The minimum absolute atomic E-state index is 0.00764. The standard InChI is InChI=1S/C15H22N4O4/c1-15(2,3)23-14(20)17-9-11-6-8-18(10-11)13-12(19(21)22)5-4-7-16-13/h4-5,7,11H,6,8-10H2,1-3H3,(H,17,20)/t11-/m0/s1. The quantitative estimate of drug-likeness (QED) is 0.675. The van der Waals surface area contributed by atoms with Gasteiger partial charge in [-0.25, -0.2) is 9.78 Å². The van der Waals surface area contributed by atoms with Gasteiger partial charge < -0.3 is 15.0 Å². The van der Waals surface area contributed by atoms with Crippen LogP contribution in [0, 0.1) is 16.0 Å². The maximum atomic E-state index is 11.7. The molecule has 1 aliphatic rings. The predicted octanol–water partition coefficient (Wildman–Crippen LogP) is 2.34. The van der Waals surface area contributed by atoms with E-state index in [0.717, 1.165) is 6.42 Å². The Morgan fingerprint density at radius 2 is 2.30 bits per heavy atom. The Bertz CT molecular complexity index is 585. The highest BCUT2D eigenvalue weighted by atomic mass is 16.6. The summed E-state index contributed by atoms with van der Waals surface area (Å²) in [5, 5.41) is 13.8. The van der Waals surface area contributed by atoms with Gasteiger partial charge in [0.15, 0.2) is 0 Å². The van der Waals surface area contributed by atoms with Crippen LogP contribution in [-0.4, -0.2) is 41.2 Å². The van der Waals surface area contributed by atoms with Crippen LogP contribution in [0.2, 0.25) is 0 Å². The molecule has 0 aromatic carbocycles. The lowest BCUT2D eigenvalue weighted by Crippen LogP contribution is -2.36. The summed E-state index contributed by atoms with van der Waals surface area (Å²) in [6.45, 7) is 7.20. The largest absolute Gasteiger partial charge is 0.444 e. The van der Waals surface area contributed by atoms with E-state index in [0.29, 0.717) is 25.5 Å². The first kappa shape index (κ1) is 17.0. The van der Waals surface area contributed by atoms with Crippen LogP contribution in [0.1, 0.15) is 27.2 Å². The van der Waals surface area contributed by atoms with E-state index in [4.69, 9.17) is 4.74 Å². The first-order valence-corrected chi connectivity index (χ1v) is 7.57. The van der Waals surface area contributed by atoms with Crippen molar-refractivity contribution in [2.75, 3.05) is 24.5 Å². The molecule has 1 aromatic rings. The van der Waals surface area contributed by atoms with Crippen LogP contribution in [0.25, 0.3) is 0 Å². The van der Waals surface area contributed by atoms with Crippen LogP contribution in [0.5, 0.6) is 0 Å². The topological polar surface area (TPSA) is 97.6 Å². The summed E-state index contributed by atoms with van der Waals surface area (Å²) in [7, 11) is 0. The minimum atomic E-state index is -0.527. The zero-order valence-electron chi connectivity index (χ0n) is 13.6. The van der Waals surface area contributed by atoms with Crippen LogP contribution >= 0.6 is 0 Å². The van der Waals surface area contributed by atoms with E-state index in [1.807, 2.05) is 25.7 Å². The molecule has 0 bridgehead atoms. The molecule has 8 nitrogen and oxygen atoms in total. The molecule has 0 spiro atoms. The molecule has 1 saturated heterocycles. The average molecular weight is 322 g/mol. The van der Waals surface area contributed by atoms with Gasteiger partial charge in [-0.3, -0.25) is 10.1 Å². The lowest BCUT2D eigenvalue weighted by molar-refractivity contribution is -0.384. The number of ether oxygens (including phenoxy) is 1. The normalized spacial score (nSPS) is 17.9. The lowest BCUT2D eigenvalue weighted by atomic mass is 10.1. The molecule has 0 radical (unpaired) electrons. The van der Waals surface area contributed by atoms with E-state index in [9.17, 15) is 14.9 Å². The third-order valence-electron chi connectivity index (χ3n) is 3.48. The van der Waals surface area contributed by atoms with E-state index in [-0.39, 0.29) is 11.6 Å². The summed E-state index contributed by atoms with van der Waals surface area (Å²) >= 11 is 0. The molecule has 1 amide bonds. The van der Waals surface area contributed by atoms with E-state index >= 15 is 0 Å². The summed E-state index contributed by atoms with van der Waals surface area (Å²) in [4.78, 5) is 28.3. The Labute approximate surface area is 135 Å². The third kappa shape index (κ3) is 4.80. The van der Waals surface area contributed by atoms with Crippen molar-refractivity contribution in [3.8, 4) is 0 Å². The average Bonchev–Trinajstić information content (AvgIpc) is 2.92. The number of hydrogen-bond acceptors (Lipinski definition) is 6. The van der Waals surface area contributed by atoms with Crippen LogP contribution in [-0.2, 0) is 4.74 Å². The fourth-order valence-electron chi connectivity index (χ4n) is 2.51. The highest BCUT2D eigenvalue weighted by Gasteiger charge is 2.29. The second kappa shape index (κ2) is 6.80. The van der Waals surface area contributed by atoms with Crippen molar-refractivity contribution in [3.05, 3.63) is 28.4 Å². The first-order valence-electron chi connectivity index (χ1n) is 7.57. The molecule has 0 unspecified atom stereocenters. The van der Waals surface area contributed by atoms with Gasteiger partial charge in [0.2, 0.25) is 5.82 Å². The van der Waals surface area contributed by atoms with Gasteiger partial charge in [-0.05, 0) is 39.2 Å². The van der Waals surface area contributed by atoms with Crippen molar-refractivity contribution < 1.29 is 14.5 Å². The van der Waals surface area contributed by atoms with Crippen molar-refractivity contribution in [1.82, 2.24) is 10.3 Å². The molecule has 8 heteroatoms. The van der Waals surface area contributed by atoms with Gasteiger partial charge in [-0.2, -0.15) is 0 Å². The number of nitro groups is 1. The first-order chi connectivity index (χ1) is 10.8. The van der Waals surface area contributed by atoms with Crippen molar-refractivity contribution in [3.63, 3.8) is 0 Å². The number of pyridine rings is 1. The zero-order chi connectivity index (χ0) is 17.0. The molecular weight excluding hydrogens is 300 g/mol. The van der Waals surface area contributed by atoms with Crippen molar-refractivity contribution >= 4 is 17.6 Å². The van der Waals surface area contributed by atoms with Crippen LogP contribution in [0.3, 0.4) is 0 Å². The lowest BCUT2D eigenvalue weighted by Gasteiger charge is -2.21. The monoisotopic (exact) mass is 322 g/mol. The van der Waals surface area contributed by atoms with Crippen molar-refractivity contribution in [2.45, 2.75) is 32.8 Å². The van der Waals surface area contributed by atoms with Crippen LogP contribution < -0.4 is 10.2 Å².